The van der Waals surface area contributed by atoms with Gasteiger partial charge in [0.25, 0.3) is 0 Å². The van der Waals surface area contributed by atoms with Gasteiger partial charge in [-0.1, -0.05) is 15.9 Å². The summed E-state index contributed by atoms with van der Waals surface area (Å²) in [5.41, 5.74) is 2.04. The zero-order valence-electron chi connectivity index (χ0n) is 10.1. The van der Waals surface area contributed by atoms with E-state index in [-0.39, 0.29) is 5.78 Å². The molecule has 0 aliphatic heterocycles. The topological polar surface area (TPSA) is 39.2 Å². The summed E-state index contributed by atoms with van der Waals surface area (Å²) in [5.74, 6) is 0.467. The van der Waals surface area contributed by atoms with Gasteiger partial charge in [0.2, 0.25) is 0 Å². The third-order valence-corrected chi connectivity index (χ3v) is 3.04. The molecule has 2 aromatic rings. The molecule has 0 fully saturated rings. The number of ether oxygens (including phenoxy) is 1. The quantitative estimate of drug-likeness (QED) is 0.816. The molecule has 18 heavy (non-hydrogen) atoms. The summed E-state index contributed by atoms with van der Waals surface area (Å²) in [6.45, 7) is 1.90. The van der Waals surface area contributed by atoms with E-state index in [9.17, 15) is 4.79 Å². The molecule has 0 amide bonds. The number of aryl methyl sites for hydroxylation is 1. The molecule has 4 heteroatoms. The molecular formula is C14H12BrNO2. The first-order valence-electron chi connectivity index (χ1n) is 5.41. The summed E-state index contributed by atoms with van der Waals surface area (Å²) in [6, 6.07) is 7.17. The SMILES string of the molecule is COc1ccc(Br)cc1C(=O)c1cncc(C)c1. The van der Waals surface area contributed by atoms with Gasteiger partial charge in [0.05, 0.1) is 12.7 Å². The molecule has 0 atom stereocenters. The fourth-order valence-corrected chi connectivity index (χ4v) is 2.05. The Morgan fingerprint density at radius 1 is 1.28 bits per heavy atom. The molecular weight excluding hydrogens is 294 g/mol. The van der Waals surface area contributed by atoms with E-state index >= 15 is 0 Å². The average molecular weight is 306 g/mol. The van der Waals surface area contributed by atoms with E-state index in [0.29, 0.717) is 16.9 Å². The molecule has 2 rings (SSSR count). The molecule has 92 valence electrons. The maximum Gasteiger partial charge on any atom is 0.198 e. The minimum absolute atomic E-state index is 0.0932. The molecule has 0 aliphatic carbocycles. The highest BCUT2D eigenvalue weighted by molar-refractivity contribution is 9.10. The van der Waals surface area contributed by atoms with Crippen LogP contribution in [0.3, 0.4) is 0 Å². The molecule has 0 bridgehead atoms. The molecule has 0 saturated heterocycles. The Bertz CT molecular complexity index is 596. The standard InChI is InChI=1S/C14H12BrNO2/c1-9-5-10(8-16-7-9)14(17)12-6-11(15)3-4-13(12)18-2/h3-8H,1-2H3. The zero-order valence-corrected chi connectivity index (χ0v) is 11.7. The van der Waals surface area contributed by atoms with Crippen LogP contribution in [-0.4, -0.2) is 17.9 Å². The van der Waals surface area contributed by atoms with Crippen molar-refractivity contribution in [2.45, 2.75) is 6.92 Å². The average Bonchev–Trinajstić information content (AvgIpc) is 2.38. The molecule has 3 nitrogen and oxygen atoms in total. The van der Waals surface area contributed by atoms with E-state index in [2.05, 4.69) is 20.9 Å². The van der Waals surface area contributed by atoms with Gasteiger partial charge in [-0.25, -0.2) is 0 Å². The van der Waals surface area contributed by atoms with Crippen LogP contribution in [0.5, 0.6) is 5.75 Å². The van der Waals surface area contributed by atoms with E-state index in [4.69, 9.17) is 4.74 Å². The van der Waals surface area contributed by atoms with Gasteiger partial charge in [-0.15, -0.1) is 0 Å². The van der Waals surface area contributed by atoms with Crippen molar-refractivity contribution in [3.8, 4) is 5.75 Å². The smallest absolute Gasteiger partial charge is 0.198 e. The maximum atomic E-state index is 12.4. The molecule has 1 aromatic heterocycles. The molecule has 1 aromatic carbocycles. The largest absolute Gasteiger partial charge is 0.496 e. The minimum Gasteiger partial charge on any atom is -0.496 e. The number of carbonyl (C=O) groups excluding carboxylic acids is 1. The number of ketones is 1. The number of hydrogen-bond acceptors (Lipinski definition) is 3. The summed E-state index contributed by atoms with van der Waals surface area (Å²) in [7, 11) is 1.55. The lowest BCUT2D eigenvalue weighted by Crippen LogP contribution is -2.05. The van der Waals surface area contributed by atoms with Crippen molar-refractivity contribution in [1.82, 2.24) is 4.98 Å². The Labute approximate surface area is 114 Å². The van der Waals surface area contributed by atoms with Crippen molar-refractivity contribution < 1.29 is 9.53 Å². The Kier molecular flexibility index (Phi) is 3.77. The minimum atomic E-state index is -0.0932. The fraction of sp³-hybridized carbons (Fsp3) is 0.143. The van der Waals surface area contributed by atoms with Crippen molar-refractivity contribution in [3.63, 3.8) is 0 Å². The predicted octanol–water partition coefficient (Wildman–Crippen LogP) is 3.39. The van der Waals surface area contributed by atoms with E-state index in [0.717, 1.165) is 10.0 Å². The summed E-state index contributed by atoms with van der Waals surface area (Å²) < 4.78 is 6.05. The number of pyridine rings is 1. The van der Waals surface area contributed by atoms with Crippen molar-refractivity contribution in [2.24, 2.45) is 0 Å². The first kappa shape index (κ1) is 12.8. The van der Waals surface area contributed by atoms with Crippen molar-refractivity contribution in [2.75, 3.05) is 7.11 Å². The van der Waals surface area contributed by atoms with Gasteiger partial charge < -0.3 is 4.74 Å². The van der Waals surface area contributed by atoms with Gasteiger partial charge in [0.1, 0.15) is 5.75 Å². The number of methoxy groups -OCH3 is 1. The number of carbonyl (C=O) groups is 1. The van der Waals surface area contributed by atoms with Crippen LogP contribution in [-0.2, 0) is 0 Å². The summed E-state index contributed by atoms with van der Waals surface area (Å²) in [6.07, 6.45) is 3.28. The predicted molar refractivity (Wildman–Crippen MR) is 73.1 cm³/mol. The summed E-state index contributed by atoms with van der Waals surface area (Å²) >= 11 is 3.36. The second kappa shape index (κ2) is 5.31. The lowest BCUT2D eigenvalue weighted by molar-refractivity contribution is 0.103. The lowest BCUT2D eigenvalue weighted by Gasteiger charge is -2.08. The van der Waals surface area contributed by atoms with Crippen LogP contribution >= 0.6 is 15.9 Å². The zero-order chi connectivity index (χ0) is 13.1. The van der Waals surface area contributed by atoms with Crippen LogP contribution in [0.1, 0.15) is 21.5 Å². The number of benzene rings is 1. The number of nitrogens with zero attached hydrogens (tertiary/aromatic N) is 1. The first-order valence-corrected chi connectivity index (χ1v) is 6.21. The highest BCUT2D eigenvalue weighted by Gasteiger charge is 2.15. The van der Waals surface area contributed by atoms with Crippen LogP contribution in [0.4, 0.5) is 0 Å². The van der Waals surface area contributed by atoms with Crippen LogP contribution in [0, 0.1) is 6.92 Å². The monoisotopic (exact) mass is 305 g/mol. The van der Waals surface area contributed by atoms with E-state index in [1.54, 1.807) is 31.6 Å². The fourth-order valence-electron chi connectivity index (χ4n) is 1.69. The van der Waals surface area contributed by atoms with Crippen LogP contribution in [0.2, 0.25) is 0 Å². The number of rotatable bonds is 3. The molecule has 1 heterocycles. The molecule has 0 saturated carbocycles. The number of hydrogen-bond donors (Lipinski definition) is 0. The third-order valence-electron chi connectivity index (χ3n) is 2.54. The first-order chi connectivity index (χ1) is 8.61. The molecule has 0 spiro atoms. The van der Waals surface area contributed by atoms with Gasteiger partial charge in [0, 0.05) is 22.4 Å². The van der Waals surface area contributed by atoms with E-state index in [1.807, 2.05) is 19.1 Å². The van der Waals surface area contributed by atoms with Gasteiger partial charge in [-0.05, 0) is 36.8 Å². The van der Waals surface area contributed by atoms with Gasteiger partial charge in [-0.3, -0.25) is 9.78 Å². The van der Waals surface area contributed by atoms with E-state index in [1.165, 1.54) is 0 Å². The van der Waals surface area contributed by atoms with Gasteiger partial charge in [-0.2, -0.15) is 0 Å². The van der Waals surface area contributed by atoms with Gasteiger partial charge >= 0.3 is 0 Å². The summed E-state index contributed by atoms with van der Waals surface area (Å²) in [4.78, 5) is 16.4. The van der Waals surface area contributed by atoms with Crippen molar-refractivity contribution >= 4 is 21.7 Å². The summed E-state index contributed by atoms with van der Waals surface area (Å²) in [5, 5.41) is 0. The second-order valence-electron chi connectivity index (χ2n) is 3.92. The second-order valence-corrected chi connectivity index (χ2v) is 4.84. The van der Waals surface area contributed by atoms with Crippen LogP contribution in [0.15, 0.2) is 41.1 Å². The molecule has 0 unspecified atom stereocenters. The lowest BCUT2D eigenvalue weighted by atomic mass is 10.0. The maximum absolute atomic E-state index is 12.4. The highest BCUT2D eigenvalue weighted by atomic mass is 79.9. The number of halogens is 1. The van der Waals surface area contributed by atoms with Gasteiger partial charge in [0.15, 0.2) is 5.78 Å². The normalized spacial score (nSPS) is 10.2. The van der Waals surface area contributed by atoms with E-state index < -0.39 is 0 Å². The molecule has 0 radical (unpaired) electrons. The Hall–Kier alpha value is -1.68. The molecule has 0 aliphatic rings. The van der Waals surface area contributed by atoms with Crippen LogP contribution < -0.4 is 4.74 Å². The van der Waals surface area contributed by atoms with Crippen LogP contribution in [0.25, 0.3) is 0 Å². The number of aromatic nitrogens is 1. The van der Waals surface area contributed by atoms with Crippen molar-refractivity contribution in [1.29, 1.82) is 0 Å². The third kappa shape index (κ3) is 2.59. The molecule has 0 N–H and O–H groups in total. The Morgan fingerprint density at radius 3 is 2.72 bits per heavy atom. The Morgan fingerprint density at radius 2 is 2.06 bits per heavy atom. The highest BCUT2D eigenvalue weighted by Crippen LogP contribution is 2.25. The Balaban J connectivity index is 2.48. The van der Waals surface area contributed by atoms with Crippen molar-refractivity contribution in [3.05, 3.63) is 57.8 Å².